The van der Waals surface area contributed by atoms with Crippen molar-refractivity contribution in [2.45, 2.75) is 25.8 Å². The second kappa shape index (κ2) is 4.56. The van der Waals surface area contributed by atoms with Gasteiger partial charge in [0.25, 0.3) is 0 Å². The van der Waals surface area contributed by atoms with Crippen LogP contribution in [0.4, 0.5) is 0 Å². The summed E-state index contributed by atoms with van der Waals surface area (Å²) in [6.07, 6.45) is 6.57. The van der Waals surface area contributed by atoms with E-state index >= 15 is 0 Å². The van der Waals surface area contributed by atoms with E-state index in [-0.39, 0.29) is 0 Å². The van der Waals surface area contributed by atoms with Crippen LogP contribution in [-0.2, 0) is 6.54 Å². The van der Waals surface area contributed by atoms with Crippen LogP contribution in [-0.4, -0.2) is 45.8 Å². The first-order valence-corrected chi connectivity index (χ1v) is 6.41. The summed E-state index contributed by atoms with van der Waals surface area (Å²) in [4.78, 5) is 13.1. The molecular weight excluding hydrogens is 216 g/mol. The van der Waals surface area contributed by atoms with Crippen LogP contribution in [0.2, 0.25) is 0 Å². The van der Waals surface area contributed by atoms with Gasteiger partial charge in [-0.25, -0.2) is 0 Å². The molecule has 0 amide bonds. The average Bonchev–Trinajstić information content (AvgIpc) is 2.86. The minimum Gasteiger partial charge on any atom is -0.303 e. The lowest BCUT2D eigenvalue weighted by molar-refractivity contribution is 0.111. The Kier molecular flexibility index (Phi) is 2.93. The molecule has 0 spiro atoms. The fraction of sp³-hybridized carbons (Fsp3) is 0.750. The van der Waals surface area contributed by atoms with Crippen molar-refractivity contribution in [3.05, 3.63) is 11.9 Å². The summed E-state index contributed by atoms with van der Waals surface area (Å²) < 4.78 is 1.80. The van der Waals surface area contributed by atoms with Gasteiger partial charge in [0.05, 0.1) is 6.20 Å². The number of nitrogens with zero attached hydrogens (tertiary/aromatic N) is 4. The molecule has 1 aliphatic heterocycles. The largest absolute Gasteiger partial charge is 0.303 e. The molecule has 0 bridgehead atoms. The molecule has 1 unspecified atom stereocenters. The zero-order valence-electron chi connectivity index (χ0n) is 9.96. The van der Waals surface area contributed by atoms with Crippen LogP contribution in [0, 0.1) is 11.8 Å². The molecule has 1 saturated heterocycles. The Morgan fingerprint density at radius 3 is 2.88 bits per heavy atom. The first-order chi connectivity index (χ1) is 8.33. The van der Waals surface area contributed by atoms with Crippen molar-refractivity contribution < 1.29 is 4.79 Å². The molecular formula is C12H18N4O. The molecule has 0 radical (unpaired) electrons. The molecule has 3 rings (SSSR count). The Balaban J connectivity index is 1.50. The van der Waals surface area contributed by atoms with Crippen LogP contribution in [0.3, 0.4) is 0 Å². The summed E-state index contributed by atoms with van der Waals surface area (Å²) in [6.45, 7) is 4.57. The molecule has 1 aromatic heterocycles. The molecule has 17 heavy (non-hydrogen) atoms. The van der Waals surface area contributed by atoms with Gasteiger partial charge in [-0.3, -0.25) is 9.48 Å². The van der Waals surface area contributed by atoms with Gasteiger partial charge in [0.15, 0.2) is 6.29 Å². The Hall–Kier alpha value is -1.23. The Morgan fingerprint density at radius 2 is 2.18 bits per heavy atom. The minimum atomic E-state index is 0.429. The van der Waals surface area contributed by atoms with Crippen LogP contribution < -0.4 is 0 Å². The Bertz CT molecular complexity index is 399. The Labute approximate surface area is 101 Å². The average molecular weight is 234 g/mol. The van der Waals surface area contributed by atoms with Crippen molar-refractivity contribution in [2.75, 3.05) is 19.6 Å². The molecule has 5 nitrogen and oxygen atoms in total. The number of carbonyl (C=O) groups excluding carboxylic acids is 1. The monoisotopic (exact) mass is 234 g/mol. The van der Waals surface area contributed by atoms with Gasteiger partial charge in [0, 0.05) is 19.6 Å². The topological polar surface area (TPSA) is 51.0 Å². The van der Waals surface area contributed by atoms with Crippen LogP contribution in [0.5, 0.6) is 0 Å². The second-order valence-corrected chi connectivity index (χ2v) is 5.34. The van der Waals surface area contributed by atoms with Gasteiger partial charge in [-0.15, -0.1) is 5.10 Å². The number of aldehydes is 1. The highest BCUT2D eigenvalue weighted by molar-refractivity contribution is 5.70. The van der Waals surface area contributed by atoms with Crippen molar-refractivity contribution >= 4 is 6.29 Å². The maximum Gasteiger partial charge on any atom is 0.171 e. The second-order valence-electron chi connectivity index (χ2n) is 5.34. The first kappa shape index (κ1) is 10.9. The number of likely N-dealkylation sites (tertiary alicyclic amines) is 1. The lowest BCUT2D eigenvalue weighted by Gasteiger charge is -2.15. The number of rotatable bonds is 5. The lowest BCUT2D eigenvalue weighted by Crippen LogP contribution is -2.24. The molecule has 1 atom stereocenters. The third kappa shape index (κ3) is 2.72. The SMILES string of the molecule is O=Cc1cn(CC2CCN(CC3CC3)C2)nn1. The van der Waals surface area contributed by atoms with Gasteiger partial charge >= 0.3 is 0 Å². The van der Waals surface area contributed by atoms with E-state index in [1.807, 2.05) is 0 Å². The third-order valence-corrected chi connectivity index (χ3v) is 3.71. The maximum atomic E-state index is 10.5. The van der Waals surface area contributed by atoms with E-state index in [0.717, 1.165) is 18.7 Å². The maximum absolute atomic E-state index is 10.5. The van der Waals surface area contributed by atoms with E-state index in [9.17, 15) is 4.79 Å². The highest BCUT2D eigenvalue weighted by atomic mass is 16.1. The molecule has 0 N–H and O–H groups in total. The predicted octanol–water partition coefficient (Wildman–Crippen LogP) is 0.822. The number of hydrogen-bond acceptors (Lipinski definition) is 4. The van der Waals surface area contributed by atoms with Crippen LogP contribution >= 0.6 is 0 Å². The lowest BCUT2D eigenvalue weighted by atomic mass is 10.1. The van der Waals surface area contributed by atoms with Crippen molar-refractivity contribution in [1.82, 2.24) is 19.9 Å². The van der Waals surface area contributed by atoms with Crippen molar-refractivity contribution in [3.63, 3.8) is 0 Å². The standard InChI is InChI=1S/C12H18N4O/c17-9-12-8-16(14-13-12)7-11-3-4-15(6-11)5-10-1-2-10/h8-11H,1-7H2. The normalized spacial score (nSPS) is 25.3. The zero-order chi connectivity index (χ0) is 11.7. The van der Waals surface area contributed by atoms with Crippen molar-refractivity contribution in [2.24, 2.45) is 11.8 Å². The van der Waals surface area contributed by atoms with E-state index < -0.39 is 0 Å². The number of aromatic nitrogens is 3. The van der Waals surface area contributed by atoms with Gasteiger partial charge < -0.3 is 4.90 Å². The summed E-state index contributed by atoms with van der Waals surface area (Å²) in [7, 11) is 0. The van der Waals surface area contributed by atoms with E-state index in [0.29, 0.717) is 11.6 Å². The summed E-state index contributed by atoms with van der Waals surface area (Å²) >= 11 is 0. The molecule has 1 saturated carbocycles. The van der Waals surface area contributed by atoms with Gasteiger partial charge in [-0.05, 0) is 37.6 Å². The van der Waals surface area contributed by atoms with E-state index in [4.69, 9.17) is 0 Å². The summed E-state index contributed by atoms with van der Waals surface area (Å²) in [6, 6.07) is 0. The molecule has 5 heteroatoms. The van der Waals surface area contributed by atoms with Crippen LogP contribution in [0.15, 0.2) is 6.20 Å². The first-order valence-electron chi connectivity index (χ1n) is 6.41. The summed E-state index contributed by atoms with van der Waals surface area (Å²) in [5, 5.41) is 7.75. The van der Waals surface area contributed by atoms with Crippen molar-refractivity contribution in [3.8, 4) is 0 Å². The highest BCUT2D eigenvalue weighted by Gasteiger charge is 2.29. The minimum absolute atomic E-state index is 0.429. The van der Waals surface area contributed by atoms with Crippen LogP contribution in [0.1, 0.15) is 29.8 Å². The summed E-state index contributed by atoms with van der Waals surface area (Å²) in [5.74, 6) is 1.64. The third-order valence-electron chi connectivity index (χ3n) is 3.71. The summed E-state index contributed by atoms with van der Waals surface area (Å²) in [5.41, 5.74) is 0.429. The van der Waals surface area contributed by atoms with E-state index in [2.05, 4.69) is 15.2 Å². The zero-order valence-corrected chi connectivity index (χ0v) is 9.96. The highest BCUT2D eigenvalue weighted by Crippen LogP contribution is 2.31. The van der Waals surface area contributed by atoms with E-state index in [1.54, 1.807) is 10.9 Å². The van der Waals surface area contributed by atoms with Gasteiger partial charge in [-0.2, -0.15) is 0 Å². The number of hydrogen-bond donors (Lipinski definition) is 0. The molecule has 2 aliphatic rings. The van der Waals surface area contributed by atoms with Crippen LogP contribution in [0.25, 0.3) is 0 Å². The Morgan fingerprint density at radius 1 is 1.29 bits per heavy atom. The number of carbonyl (C=O) groups is 1. The molecule has 2 heterocycles. The molecule has 1 aliphatic carbocycles. The molecule has 0 aromatic carbocycles. The molecule has 92 valence electrons. The predicted molar refractivity (Wildman–Crippen MR) is 62.7 cm³/mol. The molecule has 1 aromatic rings. The fourth-order valence-corrected chi connectivity index (χ4v) is 2.61. The van der Waals surface area contributed by atoms with Gasteiger partial charge in [0.2, 0.25) is 0 Å². The van der Waals surface area contributed by atoms with Crippen molar-refractivity contribution in [1.29, 1.82) is 0 Å². The van der Waals surface area contributed by atoms with E-state index in [1.165, 1.54) is 38.9 Å². The quantitative estimate of drug-likeness (QED) is 0.708. The van der Waals surface area contributed by atoms with Gasteiger partial charge in [0.1, 0.15) is 5.69 Å². The molecule has 2 fully saturated rings. The fourth-order valence-electron chi connectivity index (χ4n) is 2.61. The smallest absolute Gasteiger partial charge is 0.171 e. The van der Waals surface area contributed by atoms with Gasteiger partial charge in [-0.1, -0.05) is 5.21 Å².